The van der Waals surface area contributed by atoms with Crippen molar-refractivity contribution >= 4 is 21.4 Å². The molecule has 1 N–H and O–H groups in total. The number of alkyl halides is 1. The molecule has 0 radical (unpaired) electrons. The van der Waals surface area contributed by atoms with Crippen molar-refractivity contribution in [1.82, 2.24) is 15.2 Å². The summed E-state index contributed by atoms with van der Waals surface area (Å²) in [5, 5.41) is 6.85. The fraction of sp³-hybridized carbons (Fsp3) is 0.409. The number of pyridine rings is 1. The van der Waals surface area contributed by atoms with Crippen LogP contribution in [0.5, 0.6) is 0 Å². The summed E-state index contributed by atoms with van der Waals surface area (Å²) >= 11 is 1.80. The second kappa shape index (κ2) is 8.05. The van der Waals surface area contributed by atoms with Crippen LogP contribution in [-0.4, -0.2) is 35.2 Å². The van der Waals surface area contributed by atoms with Crippen molar-refractivity contribution in [2.45, 2.75) is 38.5 Å². The average molecular weight is 384 g/mol. The Morgan fingerprint density at radius 2 is 2.00 bits per heavy atom. The van der Waals surface area contributed by atoms with Crippen LogP contribution >= 0.6 is 11.3 Å². The molecule has 2 aromatic heterocycles. The molecule has 4 rings (SSSR count). The summed E-state index contributed by atoms with van der Waals surface area (Å²) in [5.41, 5.74) is 2.36. The van der Waals surface area contributed by atoms with E-state index in [4.69, 9.17) is 0 Å². The third-order valence-corrected chi connectivity index (χ3v) is 6.44. The zero-order valence-electron chi connectivity index (χ0n) is 15.7. The number of aromatic nitrogens is 1. The van der Waals surface area contributed by atoms with E-state index in [9.17, 15) is 0 Å². The van der Waals surface area contributed by atoms with Gasteiger partial charge in [0, 0.05) is 43.6 Å². The number of benzene rings is 1. The second-order valence-electron chi connectivity index (χ2n) is 7.61. The molecule has 1 aromatic carbocycles. The van der Waals surface area contributed by atoms with Crippen LogP contribution in [0.4, 0.5) is 4.39 Å². The molecule has 0 saturated carbocycles. The zero-order valence-corrected chi connectivity index (χ0v) is 16.6. The molecule has 0 amide bonds. The second-order valence-corrected chi connectivity index (χ2v) is 8.53. The Hall–Kier alpha value is -1.82. The molecule has 1 saturated heterocycles. The summed E-state index contributed by atoms with van der Waals surface area (Å²) in [6.45, 7) is 5.58. The maximum absolute atomic E-state index is 15.1. The van der Waals surface area contributed by atoms with Crippen LogP contribution in [0, 0.1) is 6.92 Å². The number of fused-ring (bicyclic) bond motifs is 1. The quantitative estimate of drug-likeness (QED) is 0.669. The minimum absolute atomic E-state index is 0.401. The smallest absolute Gasteiger partial charge is 0.125 e. The van der Waals surface area contributed by atoms with E-state index < -0.39 is 5.67 Å². The average Bonchev–Trinajstić information content (AvgIpc) is 3.09. The Morgan fingerprint density at radius 1 is 1.19 bits per heavy atom. The van der Waals surface area contributed by atoms with E-state index in [1.807, 2.05) is 25.3 Å². The number of thiophene rings is 1. The molecular weight excluding hydrogens is 357 g/mol. The third kappa shape index (κ3) is 4.54. The van der Waals surface area contributed by atoms with Gasteiger partial charge in [0.05, 0.1) is 5.69 Å². The Kier molecular flexibility index (Phi) is 5.53. The van der Waals surface area contributed by atoms with E-state index in [1.54, 1.807) is 11.3 Å². The lowest BCUT2D eigenvalue weighted by atomic mass is 9.93. The van der Waals surface area contributed by atoms with Gasteiger partial charge in [-0.05, 0) is 53.8 Å². The Morgan fingerprint density at radius 3 is 2.78 bits per heavy atom. The largest absolute Gasteiger partial charge is 0.308 e. The van der Waals surface area contributed by atoms with Gasteiger partial charge in [-0.2, -0.15) is 0 Å². The normalized spacial score (nSPS) is 17.4. The molecule has 0 spiro atoms. The maximum Gasteiger partial charge on any atom is 0.125 e. The SMILES string of the molecule is Cc1ccc(CNCC2(F)CCN(Cc3csc4ccccc34)CC2)nc1. The highest BCUT2D eigenvalue weighted by atomic mass is 32.1. The number of likely N-dealkylation sites (tertiary alicyclic amines) is 1. The van der Waals surface area contributed by atoms with Crippen molar-refractivity contribution < 1.29 is 4.39 Å². The molecular formula is C22H26FN3S. The molecule has 1 fully saturated rings. The van der Waals surface area contributed by atoms with Gasteiger partial charge in [0.2, 0.25) is 0 Å². The number of halogens is 1. The lowest BCUT2D eigenvalue weighted by molar-refractivity contribution is 0.0547. The molecule has 3 aromatic rings. The van der Waals surface area contributed by atoms with E-state index in [-0.39, 0.29) is 0 Å². The molecule has 0 bridgehead atoms. The molecule has 1 aliphatic heterocycles. The first-order valence-corrected chi connectivity index (χ1v) is 10.5. The van der Waals surface area contributed by atoms with Crippen LogP contribution in [-0.2, 0) is 13.1 Å². The molecule has 1 aliphatic rings. The van der Waals surface area contributed by atoms with Crippen molar-refractivity contribution in [2.24, 2.45) is 0 Å². The number of aryl methyl sites for hydroxylation is 1. The van der Waals surface area contributed by atoms with E-state index >= 15 is 4.39 Å². The van der Waals surface area contributed by atoms with Crippen molar-refractivity contribution in [3.05, 3.63) is 64.8 Å². The minimum atomic E-state index is -1.11. The fourth-order valence-corrected chi connectivity index (χ4v) is 4.66. The number of hydrogen-bond acceptors (Lipinski definition) is 4. The van der Waals surface area contributed by atoms with Crippen molar-refractivity contribution in [2.75, 3.05) is 19.6 Å². The molecule has 0 atom stereocenters. The Balaban J connectivity index is 1.27. The van der Waals surface area contributed by atoms with Crippen LogP contribution in [0.25, 0.3) is 10.1 Å². The standard InChI is InChI=1S/C22H26FN3S/c1-17-6-7-19(25-12-17)13-24-16-22(23)8-10-26(11-9-22)14-18-15-27-21-5-3-2-4-20(18)21/h2-7,12,15,24H,8-11,13-14,16H2,1H3. The summed E-state index contributed by atoms with van der Waals surface area (Å²) in [5.74, 6) is 0. The van der Waals surface area contributed by atoms with Crippen LogP contribution in [0.3, 0.4) is 0 Å². The predicted molar refractivity (Wildman–Crippen MR) is 111 cm³/mol. The highest BCUT2D eigenvalue weighted by Crippen LogP contribution is 2.30. The Bertz CT molecular complexity index is 882. The van der Waals surface area contributed by atoms with Crippen LogP contribution < -0.4 is 5.32 Å². The summed E-state index contributed by atoms with van der Waals surface area (Å²) in [4.78, 5) is 6.75. The maximum atomic E-state index is 15.1. The van der Waals surface area contributed by atoms with Crippen LogP contribution in [0.1, 0.15) is 29.7 Å². The van der Waals surface area contributed by atoms with E-state index in [2.05, 4.69) is 44.8 Å². The van der Waals surface area contributed by atoms with Crippen molar-refractivity contribution in [3.8, 4) is 0 Å². The van der Waals surface area contributed by atoms with Gasteiger partial charge in [0.1, 0.15) is 5.67 Å². The van der Waals surface area contributed by atoms with Gasteiger partial charge in [-0.25, -0.2) is 4.39 Å². The fourth-order valence-electron chi connectivity index (χ4n) is 3.70. The van der Waals surface area contributed by atoms with Gasteiger partial charge in [-0.1, -0.05) is 24.3 Å². The topological polar surface area (TPSA) is 28.2 Å². The van der Waals surface area contributed by atoms with Crippen LogP contribution in [0.15, 0.2) is 48.0 Å². The highest BCUT2D eigenvalue weighted by molar-refractivity contribution is 7.17. The van der Waals surface area contributed by atoms with Gasteiger partial charge in [-0.15, -0.1) is 11.3 Å². The number of rotatable bonds is 6. The lowest BCUT2D eigenvalue weighted by Gasteiger charge is -2.36. The summed E-state index contributed by atoms with van der Waals surface area (Å²) < 4.78 is 16.5. The van der Waals surface area contributed by atoms with E-state index in [1.165, 1.54) is 15.6 Å². The van der Waals surface area contributed by atoms with Gasteiger partial charge in [0.15, 0.2) is 0 Å². The van der Waals surface area contributed by atoms with Gasteiger partial charge < -0.3 is 5.32 Å². The van der Waals surface area contributed by atoms with E-state index in [0.717, 1.165) is 30.9 Å². The summed E-state index contributed by atoms with van der Waals surface area (Å²) in [6.07, 6.45) is 3.03. The van der Waals surface area contributed by atoms with E-state index in [0.29, 0.717) is 25.9 Å². The van der Waals surface area contributed by atoms with Crippen molar-refractivity contribution in [1.29, 1.82) is 0 Å². The number of hydrogen-bond donors (Lipinski definition) is 1. The molecule has 5 heteroatoms. The molecule has 3 nitrogen and oxygen atoms in total. The molecule has 0 aliphatic carbocycles. The van der Waals surface area contributed by atoms with Crippen molar-refractivity contribution in [3.63, 3.8) is 0 Å². The molecule has 27 heavy (non-hydrogen) atoms. The lowest BCUT2D eigenvalue weighted by Crippen LogP contribution is -2.46. The summed E-state index contributed by atoms with van der Waals surface area (Å²) in [6, 6.07) is 12.6. The van der Waals surface area contributed by atoms with Gasteiger partial charge >= 0.3 is 0 Å². The first kappa shape index (κ1) is 18.5. The predicted octanol–water partition coefficient (Wildman–Crippen LogP) is 4.70. The number of nitrogens with one attached hydrogen (secondary N) is 1. The van der Waals surface area contributed by atoms with Gasteiger partial charge in [-0.3, -0.25) is 9.88 Å². The Labute approximate surface area is 164 Å². The van der Waals surface area contributed by atoms with Crippen LogP contribution in [0.2, 0.25) is 0 Å². The zero-order chi connectivity index (χ0) is 18.7. The number of nitrogens with zero attached hydrogens (tertiary/aromatic N) is 2. The number of piperidine rings is 1. The molecule has 0 unspecified atom stereocenters. The third-order valence-electron chi connectivity index (χ3n) is 5.43. The molecule has 142 valence electrons. The minimum Gasteiger partial charge on any atom is -0.308 e. The first-order valence-electron chi connectivity index (χ1n) is 9.60. The monoisotopic (exact) mass is 383 g/mol. The molecule has 3 heterocycles. The first-order chi connectivity index (χ1) is 13.1. The summed E-state index contributed by atoms with van der Waals surface area (Å²) in [7, 11) is 0. The van der Waals surface area contributed by atoms with Gasteiger partial charge in [0.25, 0.3) is 0 Å². The highest BCUT2D eigenvalue weighted by Gasteiger charge is 2.34.